The molecule has 0 unspecified atom stereocenters. The first kappa shape index (κ1) is 7.89. The Hall–Kier alpha value is -0.110. The summed E-state index contributed by atoms with van der Waals surface area (Å²) in [5.74, 6) is 0. The molecule has 0 aliphatic carbocycles. The van der Waals surface area contributed by atoms with Crippen molar-refractivity contribution >= 4 is 21.6 Å². The van der Waals surface area contributed by atoms with E-state index in [1.807, 2.05) is 6.92 Å². The lowest BCUT2D eigenvalue weighted by molar-refractivity contribution is -0.102. The van der Waals surface area contributed by atoms with Gasteiger partial charge in [0.05, 0.1) is 0 Å². The van der Waals surface area contributed by atoms with Crippen LogP contribution in [-0.4, -0.2) is 23.7 Å². The summed E-state index contributed by atoms with van der Waals surface area (Å²) in [4.78, 5) is 11.2. The highest BCUT2D eigenvalue weighted by molar-refractivity contribution is 8.15. The minimum atomic E-state index is 0.195. The fraction of sp³-hybridized carbons (Fsp3) is 0.667. The van der Waals surface area contributed by atoms with E-state index < -0.39 is 0 Å². The van der Waals surface area contributed by atoms with Crippen molar-refractivity contribution in [1.82, 2.24) is 0 Å². The molecule has 48 valence electrons. The molecular weight excluding hydrogens is 120 g/mol. The molecule has 0 aliphatic heterocycles. The van der Waals surface area contributed by atoms with Crippen LogP contribution in [0.25, 0.3) is 0 Å². The van der Waals surface area contributed by atoms with Gasteiger partial charge in [-0.15, -0.1) is 0 Å². The number of hydrogen-bond acceptors (Lipinski definition) is 1. The monoisotopic (exact) mass is 132 g/mol. The molecule has 0 saturated carbocycles. The van der Waals surface area contributed by atoms with Gasteiger partial charge in [0.1, 0.15) is 0 Å². The van der Waals surface area contributed by atoms with Crippen LogP contribution < -0.4 is 0 Å². The molecule has 0 N–H and O–H groups in total. The van der Waals surface area contributed by atoms with E-state index in [9.17, 15) is 4.79 Å². The number of rotatable bonds is 2. The molecule has 2 heteroatoms. The summed E-state index contributed by atoms with van der Waals surface area (Å²) >= 11 is 0. The minimum absolute atomic E-state index is 0.195. The molecule has 0 bridgehead atoms. The van der Waals surface area contributed by atoms with Crippen molar-refractivity contribution in [3.63, 3.8) is 0 Å². The first-order valence-electron chi connectivity index (χ1n) is 2.61. The Balaban J connectivity index is 4.07. The summed E-state index contributed by atoms with van der Waals surface area (Å²) in [5.41, 5.74) is 0. The van der Waals surface area contributed by atoms with E-state index in [1.54, 1.807) is 0 Å². The van der Waals surface area contributed by atoms with Gasteiger partial charge >= 0.3 is 0 Å². The molecule has 0 amide bonds. The lowest BCUT2D eigenvalue weighted by Crippen LogP contribution is -1.95. The van der Waals surface area contributed by atoms with Gasteiger partial charge in [0.25, 0.3) is 0 Å². The van der Waals surface area contributed by atoms with E-state index in [-0.39, 0.29) is 10.5 Å². The van der Waals surface area contributed by atoms with Crippen molar-refractivity contribution in [2.24, 2.45) is 0 Å². The van der Waals surface area contributed by atoms with Crippen LogP contribution >= 0.6 is 10.5 Å². The number of carbonyl (C=O) groups is 1. The molecule has 0 aromatic carbocycles. The molecule has 0 atom stereocenters. The highest BCUT2D eigenvalue weighted by atomic mass is 32.2. The van der Waals surface area contributed by atoms with Gasteiger partial charge in [0.15, 0.2) is 6.29 Å². The molecule has 0 aromatic rings. The average molecular weight is 132 g/mol. The number of aldehydes is 1. The second kappa shape index (κ2) is 3.84. The number of carbonyl (C=O) groups excluding carboxylic acids is 1. The Morgan fingerprint density at radius 1 is 1.62 bits per heavy atom. The standard InChI is InChI=1S/C6H12OS/c1-4-6(5-7)8(2)3/h5H,4H2,1-3H3. The van der Waals surface area contributed by atoms with Gasteiger partial charge in [-0.3, -0.25) is 4.79 Å². The van der Waals surface area contributed by atoms with E-state index in [2.05, 4.69) is 12.5 Å². The molecule has 8 heavy (non-hydrogen) atoms. The quantitative estimate of drug-likeness (QED) is 0.409. The average Bonchev–Trinajstić information content (AvgIpc) is 1.69. The van der Waals surface area contributed by atoms with Crippen molar-refractivity contribution in [2.45, 2.75) is 13.3 Å². The molecule has 0 rings (SSSR count). The maximum atomic E-state index is 10.1. The van der Waals surface area contributed by atoms with E-state index >= 15 is 0 Å². The van der Waals surface area contributed by atoms with E-state index in [0.717, 1.165) is 17.6 Å². The zero-order valence-electron chi connectivity index (χ0n) is 5.60. The lowest BCUT2D eigenvalue weighted by Gasteiger charge is -1.95. The van der Waals surface area contributed by atoms with E-state index in [1.165, 1.54) is 0 Å². The molecule has 0 saturated heterocycles. The summed E-state index contributed by atoms with van der Waals surface area (Å²) in [5, 5.41) is 0. The fourth-order valence-corrected chi connectivity index (χ4v) is 1.24. The third kappa shape index (κ3) is 2.26. The van der Waals surface area contributed by atoms with Crippen LogP contribution in [0.4, 0.5) is 0 Å². The molecule has 0 aliphatic rings. The van der Waals surface area contributed by atoms with Crippen molar-refractivity contribution in [3.05, 3.63) is 0 Å². The molecule has 0 fully saturated rings. The molecule has 0 radical (unpaired) electrons. The fourth-order valence-electron chi connectivity index (χ4n) is 0.468. The maximum absolute atomic E-state index is 10.1. The van der Waals surface area contributed by atoms with Crippen LogP contribution in [0, 0.1) is 0 Å². The van der Waals surface area contributed by atoms with Crippen LogP contribution in [0.2, 0.25) is 0 Å². The van der Waals surface area contributed by atoms with E-state index in [0.29, 0.717) is 0 Å². The SMILES string of the molecule is CCC(C=O)=S(C)C. The smallest absolute Gasteiger partial charge is 0.151 e. The van der Waals surface area contributed by atoms with Crippen molar-refractivity contribution < 1.29 is 4.79 Å². The van der Waals surface area contributed by atoms with Gasteiger partial charge in [0, 0.05) is 4.86 Å². The molecular formula is C6H12OS. The van der Waals surface area contributed by atoms with Gasteiger partial charge < -0.3 is 0 Å². The lowest BCUT2D eigenvalue weighted by atomic mass is 10.4. The maximum Gasteiger partial charge on any atom is 0.151 e. The van der Waals surface area contributed by atoms with Crippen molar-refractivity contribution in [2.75, 3.05) is 12.5 Å². The Labute approximate surface area is 53.0 Å². The summed E-state index contributed by atoms with van der Waals surface area (Å²) in [6, 6.07) is 0. The summed E-state index contributed by atoms with van der Waals surface area (Å²) in [7, 11) is 0.195. The van der Waals surface area contributed by atoms with Gasteiger partial charge in [-0.05, 0) is 18.9 Å². The molecule has 0 spiro atoms. The third-order valence-electron chi connectivity index (χ3n) is 1.00. The Kier molecular flexibility index (Phi) is 3.79. The van der Waals surface area contributed by atoms with Crippen LogP contribution in [0.5, 0.6) is 0 Å². The second-order valence-electron chi connectivity index (χ2n) is 1.75. The van der Waals surface area contributed by atoms with Crippen LogP contribution in [0.3, 0.4) is 0 Å². The van der Waals surface area contributed by atoms with Crippen LogP contribution in [-0.2, 0) is 4.79 Å². The predicted molar refractivity (Wildman–Crippen MR) is 40.8 cm³/mol. The topological polar surface area (TPSA) is 17.1 Å². The molecule has 0 heterocycles. The van der Waals surface area contributed by atoms with E-state index in [4.69, 9.17) is 0 Å². The molecule has 1 nitrogen and oxygen atoms in total. The van der Waals surface area contributed by atoms with Crippen LogP contribution in [0.15, 0.2) is 0 Å². The molecule has 0 aromatic heterocycles. The summed E-state index contributed by atoms with van der Waals surface area (Å²) in [6.07, 6.45) is 6.00. The van der Waals surface area contributed by atoms with Gasteiger partial charge in [0.2, 0.25) is 0 Å². The zero-order valence-corrected chi connectivity index (χ0v) is 6.42. The summed E-state index contributed by atoms with van der Waals surface area (Å²) in [6.45, 7) is 2.01. The minimum Gasteiger partial charge on any atom is -0.298 e. The van der Waals surface area contributed by atoms with Crippen molar-refractivity contribution in [3.8, 4) is 0 Å². The summed E-state index contributed by atoms with van der Waals surface area (Å²) < 4.78 is 0. The Bertz CT molecular complexity index is 112. The normalized spacial score (nSPS) is 9.50. The highest BCUT2D eigenvalue weighted by Crippen LogP contribution is 2.02. The van der Waals surface area contributed by atoms with Crippen LogP contribution in [0.1, 0.15) is 13.3 Å². The largest absolute Gasteiger partial charge is 0.298 e. The first-order valence-corrected chi connectivity index (χ1v) is 4.65. The first-order chi connectivity index (χ1) is 3.72. The zero-order chi connectivity index (χ0) is 6.57. The third-order valence-corrected chi connectivity index (χ3v) is 2.44. The van der Waals surface area contributed by atoms with Gasteiger partial charge in [-0.1, -0.05) is 6.92 Å². The Morgan fingerprint density at radius 3 is 2.12 bits per heavy atom. The number of hydrogen-bond donors (Lipinski definition) is 0. The predicted octanol–water partition coefficient (Wildman–Crippen LogP) is 1.30. The second-order valence-corrected chi connectivity index (χ2v) is 3.91. The van der Waals surface area contributed by atoms with Gasteiger partial charge in [-0.25, -0.2) is 0 Å². The Morgan fingerprint density at radius 2 is 2.12 bits per heavy atom. The van der Waals surface area contributed by atoms with Gasteiger partial charge in [-0.2, -0.15) is 10.5 Å². The highest BCUT2D eigenvalue weighted by Gasteiger charge is 1.89. The van der Waals surface area contributed by atoms with Crippen molar-refractivity contribution in [1.29, 1.82) is 0 Å².